The van der Waals surface area contributed by atoms with Crippen LogP contribution in [0.1, 0.15) is 24.2 Å². The summed E-state index contributed by atoms with van der Waals surface area (Å²) in [5.41, 5.74) is 0.919. The molecule has 1 aliphatic rings. The molecule has 0 aliphatic carbocycles. The summed E-state index contributed by atoms with van der Waals surface area (Å²) in [5, 5.41) is 41.8. The molecule has 1 aromatic carbocycles. The molecule has 0 radical (unpaired) electrons. The predicted molar refractivity (Wildman–Crippen MR) is 102 cm³/mol. The van der Waals surface area contributed by atoms with Crippen LogP contribution in [0, 0.1) is 0 Å². The largest absolute Gasteiger partial charge is 0.461 e. The predicted octanol–water partition coefficient (Wildman–Crippen LogP) is -0.603. The average Bonchev–Trinajstić information content (AvgIpc) is 2.72. The molecule has 1 aromatic rings. The van der Waals surface area contributed by atoms with Crippen molar-refractivity contribution in [3.05, 3.63) is 29.8 Å². The van der Waals surface area contributed by atoms with Crippen LogP contribution < -0.4 is 5.32 Å². The summed E-state index contributed by atoms with van der Waals surface area (Å²) in [7, 11) is 0. The van der Waals surface area contributed by atoms with Gasteiger partial charge in [0.2, 0.25) is 0 Å². The zero-order valence-electron chi connectivity index (χ0n) is 16.2. The minimum Gasteiger partial charge on any atom is -0.461 e. The van der Waals surface area contributed by atoms with Crippen molar-refractivity contribution in [2.24, 2.45) is 0 Å². The Morgan fingerprint density at radius 2 is 1.75 bits per heavy atom. The third-order valence-electron chi connectivity index (χ3n) is 4.86. The molecule has 0 aromatic heterocycles. The van der Waals surface area contributed by atoms with Gasteiger partial charge in [0.1, 0.15) is 31.0 Å². The summed E-state index contributed by atoms with van der Waals surface area (Å²) in [5.74, 6) is -0.424. The van der Waals surface area contributed by atoms with Crippen LogP contribution in [-0.4, -0.2) is 94.8 Å². The first-order chi connectivity index (χ1) is 13.4. The van der Waals surface area contributed by atoms with Gasteiger partial charge in [0.25, 0.3) is 0 Å². The molecule has 0 bridgehead atoms. The second-order valence-corrected chi connectivity index (χ2v) is 6.63. The van der Waals surface area contributed by atoms with Crippen LogP contribution in [0.15, 0.2) is 24.3 Å². The molecule has 0 amide bonds. The van der Waals surface area contributed by atoms with Gasteiger partial charge in [-0.1, -0.05) is 13.8 Å². The van der Waals surface area contributed by atoms with Crippen molar-refractivity contribution in [2.45, 2.75) is 44.5 Å². The lowest BCUT2D eigenvalue weighted by Crippen LogP contribution is -2.60. The van der Waals surface area contributed by atoms with Gasteiger partial charge in [0.15, 0.2) is 6.23 Å². The fourth-order valence-corrected chi connectivity index (χ4v) is 2.98. The molecule has 28 heavy (non-hydrogen) atoms. The van der Waals surface area contributed by atoms with Crippen molar-refractivity contribution in [1.82, 2.24) is 4.90 Å². The van der Waals surface area contributed by atoms with Crippen LogP contribution in [0.2, 0.25) is 0 Å². The lowest BCUT2D eigenvalue weighted by molar-refractivity contribution is -0.221. The molecule has 158 valence electrons. The molecule has 5 atom stereocenters. The van der Waals surface area contributed by atoms with Crippen LogP contribution in [0.3, 0.4) is 0 Å². The number of carbonyl (C=O) groups is 1. The Morgan fingerprint density at radius 1 is 1.11 bits per heavy atom. The van der Waals surface area contributed by atoms with E-state index in [2.05, 4.69) is 10.2 Å². The number of rotatable bonds is 9. The van der Waals surface area contributed by atoms with Gasteiger partial charge in [0, 0.05) is 12.2 Å². The Balaban J connectivity index is 1.90. The normalized spacial score (nSPS) is 27.6. The van der Waals surface area contributed by atoms with E-state index in [1.54, 1.807) is 24.3 Å². The first kappa shape index (κ1) is 22.5. The van der Waals surface area contributed by atoms with E-state index in [0.717, 1.165) is 13.1 Å². The van der Waals surface area contributed by atoms with Gasteiger partial charge in [-0.2, -0.15) is 0 Å². The summed E-state index contributed by atoms with van der Waals surface area (Å²) >= 11 is 0. The lowest BCUT2D eigenvalue weighted by Gasteiger charge is -2.40. The van der Waals surface area contributed by atoms with Crippen molar-refractivity contribution >= 4 is 11.7 Å². The molecule has 2 rings (SSSR count). The number of benzene rings is 1. The molecular weight excluding hydrogens is 368 g/mol. The summed E-state index contributed by atoms with van der Waals surface area (Å²) < 4.78 is 10.7. The minimum absolute atomic E-state index is 0.311. The van der Waals surface area contributed by atoms with Crippen LogP contribution in [-0.2, 0) is 9.47 Å². The molecule has 9 heteroatoms. The second kappa shape index (κ2) is 10.7. The number of carbonyl (C=O) groups excluding carboxylic acids is 1. The number of aliphatic hydroxyl groups excluding tert-OH is 4. The average molecular weight is 398 g/mol. The number of anilines is 1. The fourth-order valence-electron chi connectivity index (χ4n) is 2.98. The Kier molecular flexibility index (Phi) is 8.61. The van der Waals surface area contributed by atoms with Crippen LogP contribution in [0.4, 0.5) is 5.69 Å². The topological polar surface area (TPSA) is 132 Å². The lowest BCUT2D eigenvalue weighted by atomic mass is 9.98. The summed E-state index contributed by atoms with van der Waals surface area (Å²) in [6.07, 6.45) is -6.27. The van der Waals surface area contributed by atoms with Gasteiger partial charge in [0.05, 0.1) is 12.2 Å². The molecular formula is C19H30N2O7. The van der Waals surface area contributed by atoms with Gasteiger partial charge >= 0.3 is 5.97 Å². The van der Waals surface area contributed by atoms with Crippen molar-refractivity contribution < 1.29 is 34.7 Å². The quantitative estimate of drug-likeness (QED) is 0.346. The van der Waals surface area contributed by atoms with Gasteiger partial charge < -0.3 is 40.1 Å². The van der Waals surface area contributed by atoms with Crippen molar-refractivity contribution in [2.75, 3.05) is 38.2 Å². The maximum absolute atomic E-state index is 12.1. The van der Waals surface area contributed by atoms with Gasteiger partial charge in [-0.15, -0.1) is 0 Å². The highest BCUT2D eigenvalue weighted by Gasteiger charge is 2.43. The summed E-state index contributed by atoms with van der Waals surface area (Å²) in [6, 6.07) is 6.38. The zero-order valence-corrected chi connectivity index (χ0v) is 16.2. The Morgan fingerprint density at radius 3 is 2.32 bits per heavy atom. The third kappa shape index (κ3) is 5.63. The molecule has 0 spiro atoms. The number of nitrogens with zero attached hydrogens (tertiary/aromatic N) is 1. The maximum Gasteiger partial charge on any atom is 0.338 e. The first-order valence-electron chi connectivity index (χ1n) is 9.47. The number of esters is 1. The molecule has 1 fully saturated rings. The third-order valence-corrected chi connectivity index (χ3v) is 4.86. The number of ether oxygens (including phenoxy) is 2. The van der Waals surface area contributed by atoms with Gasteiger partial charge in [-0.3, -0.25) is 0 Å². The Hall–Kier alpha value is -1.75. The molecule has 1 aliphatic heterocycles. The van der Waals surface area contributed by atoms with E-state index in [9.17, 15) is 25.2 Å². The summed E-state index contributed by atoms with van der Waals surface area (Å²) in [4.78, 5) is 14.3. The molecule has 5 N–H and O–H groups in total. The van der Waals surface area contributed by atoms with Crippen molar-refractivity contribution in [3.8, 4) is 0 Å². The monoisotopic (exact) mass is 398 g/mol. The van der Waals surface area contributed by atoms with E-state index < -0.39 is 43.2 Å². The van der Waals surface area contributed by atoms with Crippen LogP contribution in [0.25, 0.3) is 0 Å². The minimum atomic E-state index is -1.46. The van der Waals surface area contributed by atoms with E-state index in [0.29, 0.717) is 24.4 Å². The van der Waals surface area contributed by atoms with Gasteiger partial charge in [-0.25, -0.2) is 4.79 Å². The number of aliphatic hydroxyl groups is 4. The van der Waals surface area contributed by atoms with E-state index in [4.69, 9.17) is 9.47 Å². The second-order valence-electron chi connectivity index (χ2n) is 6.63. The van der Waals surface area contributed by atoms with E-state index in [1.807, 2.05) is 13.8 Å². The highest BCUT2D eigenvalue weighted by Crippen LogP contribution is 2.23. The summed E-state index contributed by atoms with van der Waals surface area (Å²) in [6.45, 7) is 6.37. The van der Waals surface area contributed by atoms with Crippen molar-refractivity contribution in [3.63, 3.8) is 0 Å². The Bertz CT molecular complexity index is 607. The fraction of sp³-hybridized carbons (Fsp3) is 0.632. The highest BCUT2D eigenvalue weighted by atomic mass is 16.6. The maximum atomic E-state index is 12.1. The standard InChI is InChI=1S/C19H30N2O7/c1-3-21(4-2)9-10-27-19(26)12-5-7-13(8-6-12)20-18-17(25)16(24)15(23)14(11-22)28-18/h5-8,14-18,20,22-25H,3-4,9-11H2,1-2H3/t14?,15-,16-,17?,18-/m1/s1. The smallest absolute Gasteiger partial charge is 0.338 e. The van der Waals surface area contributed by atoms with Crippen LogP contribution >= 0.6 is 0 Å². The van der Waals surface area contributed by atoms with Crippen molar-refractivity contribution in [1.29, 1.82) is 0 Å². The number of hydrogen-bond acceptors (Lipinski definition) is 9. The van der Waals surface area contributed by atoms with E-state index in [1.165, 1.54) is 0 Å². The molecule has 1 saturated heterocycles. The van der Waals surface area contributed by atoms with E-state index >= 15 is 0 Å². The molecule has 1 heterocycles. The SMILES string of the molecule is CCN(CC)CCOC(=O)c1ccc(N[C@@H]2OC(CO)[C@@H](O)[C@@H](O)C2O)cc1. The molecule has 0 saturated carbocycles. The number of likely N-dealkylation sites (N-methyl/N-ethyl adjacent to an activating group) is 1. The first-order valence-corrected chi connectivity index (χ1v) is 9.47. The highest BCUT2D eigenvalue weighted by molar-refractivity contribution is 5.89. The van der Waals surface area contributed by atoms with Crippen LogP contribution in [0.5, 0.6) is 0 Å². The van der Waals surface area contributed by atoms with E-state index in [-0.39, 0.29) is 0 Å². The number of nitrogens with one attached hydrogen (secondary N) is 1. The Labute approximate surface area is 164 Å². The number of hydrogen-bond donors (Lipinski definition) is 5. The molecule has 2 unspecified atom stereocenters. The molecule has 9 nitrogen and oxygen atoms in total. The van der Waals surface area contributed by atoms with Gasteiger partial charge in [-0.05, 0) is 37.4 Å². The zero-order chi connectivity index (χ0) is 20.7.